The number of carbonyl (C=O) groups is 2. The minimum atomic E-state index is -1.04. The first-order valence-electron chi connectivity index (χ1n) is 8.09. The molecule has 3 aromatic rings. The molecule has 0 radical (unpaired) electrons. The third-order valence-corrected chi connectivity index (χ3v) is 4.72. The van der Waals surface area contributed by atoms with Gasteiger partial charge in [0, 0.05) is 12.1 Å². The molecule has 0 saturated heterocycles. The largest absolute Gasteiger partial charge is 0.465 e. The third kappa shape index (κ3) is 2.52. The van der Waals surface area contributed by atoms with Crippen molar-refractivity contribution >= 4 is 28.7 Å². The summed E-state index contributed by atoms with van der Waals surface area (Å²) in [5.41, 5.74) is 15.1. The number of anilines is 1. The summed E-state index contributed by atoms with van der Waals surface area (Å²) in [6, 6.07) is 10.1. The van der Waals surface area contributed by atoms with E-state index in [2.05, 4.69) is 9.97 Å². The summed E-state index contributed by atoms with van der Waals surface area (Å²) >= 11 is 0. The molecule has 1 aliphatic rings. The number of aromatic nitrogens is 2. The maximum absolute atomic E-state index is 11.8. The maximum Gasteiger partial charge on any atom is 0.408 e. The first-order chi connectivity index (χ1) is 12.4. The third-order valence-electron chi connectivity index (χ3n) is 4.72. The Hall–Kier alpha value is -3.55. The Balaban J connectivity index is 1.81. The van der Waals surface area contributed by atoms with Crippen LogP contribution in [0.5, 0.6) is 0 Å². The van der Waals surface area contributed by atoms with Gasteiger partial charge in [0.05, 0.1) is 23.7 Å². The molecule has 2 aromatic carbocycles. The Labute approximate surface area is 148 Å². The first kappa shape index (κ1) is 15.9. The predicted molar refractivity (Wildman–Crippen MR) is 95.5 cm³/mol. The topological polar surface area (TPSA) is 138 Å². The summed E-state index contributed by atoms with van der Waals surface area (Å²) in [5, 5.41) is 9.66. The van der Waals surface area contributed by atoms with E-state index in [-0.39, 0.29) is 6.54 Å². The Kier molecular flexibility index (Phi) is 3.54. The van der Waals surface area contributed by atoms with Gasteiger partial charge in [-0.3, -0.25) is 9.69 Å². The number of primary amides is 1. The zero-order chi connectivity index (χ0) is 18.4. The molecule has 4 rings (SSSR count). The lowest BCUT2D eigenvalue weighted by Gasteiger charge is -2.33. The lowest BCUT2D eigenvalue weighted by molar-refractivity contribution is 0.100. The molecular formula is C18H17N5O3. The van der Waals surface area contributed by atoms with Gasteiger partial charge < -0.3 is 21.6 Å². The van der Waals surface area contributed by atoms with Gasteiger partial charge in [0.2, 0.25) is 0 Å². The van der Waals surface area contributed by atoms with E-state index in [0.29, 0.717) is 34.5 Å². The van der Waals surface area contributed by atoms with E-state index >= 15 is 0 Å². The van der Waals surface area contributed by atoms with E-state index in [4.69, 9.17) is 11.5 Å². The number of aromatic amines is 1. The Morgan fingerprint density at radius 3 is 2.77 bits per heavy atom. The van der Waals surface area contributed by atoms with Gasteiger partial charge in [-0.25, -0.2) is 9.78 Å². The number of carboxylic acid groups (broad SMARTS) is 1. The summed E-state index contributed by atoms with van der Waals surface area (Å²) in [6.07, 6.45) is -0.577. The van der Waals surface area contributed by atoms with E-state index in [1.165, 1.54) is 4.90 Å². The van der Waals surface area contributed by atoms with Crippen molar-refractivity contribution in [2.24, 2.45) is 5.73 Å². The van der Waals surface area contributed by atoms with Gasteiger partial charge in [-0.05, 0) is 35.4 Å². The van der Waals surface area contributed by atoms with Crippen molar-refractivity contribution < 1.29 is 14.7 Å². The van der Waals surface area contributed by atoms with Crippen molar-refractivity contribution in [2.75, 3.05) is 5.73 Å². The van der Waals surface area contributed by atoms with Gasteiger partial charge in [-0.1, -0.05) is 12.1 Å². The second-order valence-electron chi connectivity index (χ2n) is 6.35. The average molecular weight is 351 g/mol. The molecule has 1 unspecified atom stereocenters. The van der Waals surface area contributed by atoms with Crippen LogP contribution in [0, 0.1) is 0 Å². The highest BCUT2D eigenvalue weighted by molar-refractivity contribution is 6.04. The normalized spacial score (nSPS) is 16.5. The molecule has 2 heterocycles. The van der Waals surface area contributed by atoms with Gasteiger partial charge in [-0.2, -0.15) is 0 Å². The molecule has 0 saturated carbocycles. The number of imidazole rings is 1. The Bertz CT molecular complexity index is 1040. The number of hydrogen-bond acceptors (Lipinski definition) is 4. The van der Waals surface area contributed by atoms with E-state index < -0.39 is 18.0 Å². The lowest BCUT2D eigenvalue weighted by atomic mass is 9.93. The van der Waals surface area contributed by atoms with Crippen molar-refractivity contribution in [1.29, 1.82) is 0 Å². The van der Waals surface area contributed by atoms with Crippen LogP contribution in [0.3, 0.4) is 0 Å². The molecule has 132 valence electrons. The van der Waals surface area contributed by atoms with Crippen LogP contribution in [0.15, 0.2) is 36.4 Å². The highest BCUT2D eigenvalue weighted by Crippen LogP contribution is 2.34. The minimum absolute atomic E-state index is 0.222. The molecule has 8 nitrogen and oxygen atoms in total. The zero-order valence-electron chi connectivity index (χ0n) is 13.8. The van der Waals surface area contributed by atoms with E-state index in [1.54, 1.807) is 30.3 Å². The lowest BCUT2D eigenvalue weighted by Crippen LogP contribution is -2.38. The van der Waals surface area contributed by atoms with Crippen LogP contribution in [0.25, 0.3) is 11.0 Å². The van der Waals surface area contributed by atoms with E-state index in [1.807, 2.05) is 6.07 Å². The molecule has 8 heteroatoms. The highest BCUT2D eigenvalue weighted by atomic mass is 16.4. The Morgan fingerprint density at radius 1 is 1.23 bits per heavy atom. The molecule has 0 spiro atoms. The van der Waals surface area contributed by atoms with Gasteiger partial charge in [-0.15, -0.1) is 0 Å². The number of nitrogen functional groups attached to an aromatic ring is 1. The molecule has 26 heavy (non-hydrogen) atoms. The van der Waals surface area contributed by atoms with Crippen LogP contribution >= 0.6 is 0 Å². The molecule has 0 bridgehead atoms. The Morgan fingerprint density at radius 2 is 2.04 bits per heavy atom. The summed E-state index contributed by atoms with van der Waals surface area (Å²) < 4.78 is 0. The number of H-pyrrole nitrogens is 1. The molecule has 1 aromatic heterocycles. The fourth-order valence-electron chi connectivity index (χ4n) is 3.46. The van der Waals surface area contributed by atoms with Crippen LogP contribution in [0.1, 0.15) is 33.4 Å². The molecule has 0 aliphatic carbocycles. The minimum Gasteiger partial charge on any atom is -0.465 e. The van der Waals surface area contributed by atoms with Crippen molar-refractivity contribution in [2.45, 2.75) is 19.0 Å². The number of hydrogen-bond donors (Lipinski definition) is 4. The van der Waals surface area contributed by atoms with Crippen molar-refractivity contribution in [3.8, 4) is 0 Å². The number of amides is 2. The van der Waals surface area contributed by atoms with E-state index in [0.717, 1.165) is 11.1 Å². The molecule has 0 fully saturated rings. The van der Waals surface area contributed by atoms with Crippen molar-refractivity contribution in [3.63, 3.8) is 0 Å². The van der Waals surface area contributed by atoms with Crippen LogP contribution in [-0.2, 0) is 13.0 Å². The SMILES string of the molecule is NC(=O)c1cccc2[nH]c(C3Cc4ccc(N)cc4CN3C(=O)O)nc12. The summed E-state index contributed by atoms with van der Waals surface area (Å²) in [4.78, 5) is 32.4. The molecular weight excluding hydrogens is 334 g/mol. The van der Waals surface area contributed by atoms with Crippen LogP contribution in [-0.4, -0.2) is 32.0 Å². The molecule has 6 N–H and O–H groups in total. The van der Waals surface area contributed by atoms with Gasteiger partial charge in [0.1, 0.15) is 11.3 Å². The smallest absolute Gasteiger partial charge is 0.408 e. The monoisotopic (exact) mass is 351 g/mol. The van der Waals surface area contributed by atoms with Crippen molar-refractivity contribution in [3.05, 3.63) is 58.9 Å². The molecule has 1 atom stereocenters. The van der Waals surface area contributed by atoms with Crippen molar-refractivity contribution in [1.82, 2.24) is 14.9 Å². The number of fused-ring (bicyclic) bond motifs is 2. The standard InChI is InChI=1S/C18H17N5O3/c19-11-5-4-9-7-14(23(18(25)26)8-10(9)6-11)17-21-13-3-1-2-12(16(20)24)15(13)22-17/h1-6,14H,7-8,19H2,(H2,20,24)(H,21,22)(H,25,26). The predicted octanol–water partition coefficient (Wildman–Crippen LogP) is 2.02. The first-order valence-corrected chi connectivity index (χ1v) is 8.09. The number of para-hydroxylation sites is 1. The highest BCUT2D eigenvalue weighted by Gasteiger charge is 2.33. The number of nitrogens with two attached hydrogens (primary N) is 2. The van der Waals surface area contributed by atoms with Gasteiger partial charge >= 0.3 is 6.09 Å². The van der Waals surface area contributed by atoms with Crippen LogP contribution in [0.4, 0.5) is 10.5 Å². The summed E-state index contributed by atoms with van der Waals surface area (Å²) in [5.74, 6) is -0.0909. The number of nitrogens with one attached hydrogen (secondary N) is 1. The number of nitrogens with zero attached hydrogens (tertiary/aromatic N) is 2. The maximum atomic E-state index is 11.8. The molecule has 1 aliphatic heterocycles. The average Bonchev–Trinajstić information content (AvgIpc) is 3.04. The van der Waals surface area contributed by atoms with Crippen LogP contribution < -0.4 is 11.5 Å². The number of rotatable bonds is 2. The number of carbonyl (C=O) groups excluding carboxylic acids is 1. The quantitative estimate of drug-likeness (QED) is 0.523. The second-order valence-corrected chi connectivity index (χ2v) is 6.35. The van der Waals surface area contributed by atoms with E-state index in [9.17, 15) is 14.7 Å². The summed E-state index contributed by atoms with van der Waals surface area (Å²) in [7, 11) is 0. The fraction of sp³-hybridized carbons (Fsp3) is 0.167. The zero-order valence-corrected chi connectivity index (χ0v) is 13.8. The molecule has 2 amide bonds. The fourth-order valence-corrected chi connectivity index (χ4v) is 3.46. The van der Waals surface area contributed by atoms with Gasteiger partial charge in [0.15, 0.2) is 0 Å². The summed E-state index contributed by atoms with van der Waals surface area (Å²) in [6.45, 7) is 0.222. The van der Waals surface area contributed by atoms with Crippen LogP contribution in [0.2, 0.25) is 0 Å². The second kappa shape index (κ2) is 5.76. The van der Waals surface area contributed by atoms with Gasteiger partial charge in [0.25, 0.3) is 5.91 Å². The number of benzene rings is 2.